The minimum Gasteiger partial charge on any atom is -0.493 e. The highest BCUT2D eigenvalue weighted by Crippen LogP contribution is 2.62. The van der Waals surface area contributed by atoms with Gasteiger partial charge in [-0.15, -0.1) is 29.9 Å². The van der Waals surface area contributed by atoms with E-state index in [9.17, 15) is 15.0 Å². The fraction of sp³-hybridized carbons (Fsp3) is 0.481. The van der Waals surface area contributed by atoms with Crippen molar-refractivity contribution in [1.29, 1.82) is 0 Å². The first-order chi connectivity index (χ1) is 33.0. The topological polar surface area (TPSA) is 129 Å². The summed E-state index contributed by atoms with van der Waals surface area (Å²) in [6, 6.07) is 29.9. The molecule has 2 aliphatic carbocycles. The first kappa shape index (κ1) is 48.9. The Balaban J connectivity index is 1.30. The van der Waals surface area contributed by atoms with Gasteiger partial charge in [-0.1, -0.05) is 90.8 Å². The third kappa shape index (κ3) is 11.5. The molecular weight excluding hydrogens is 888 g/mol. The van der Waals surface area contributed by atoms with Crippen LogP contribution in [0.5, 0.6) is 11.5 Å². The van der Waals surface area contributed by atoms with Crippen LogP contribution in [0.4, 0.5) is 4.79 Å². The molecule has 2 fully saturated rings. The van der Waals surface area contributed by atoms with Crippen LogP contribution in [0.15, 0.2) is 125 Å². The number of aliphatic hydroxyl groups is 2. The van der Waals surface area contributed by atoms with Crippen LogP contribution in [0.25, 0.3) is 10.8 Å². The number of benzene rings is 4. The molecule has 358 valence electrons. The lowest BCUT2D eigenvalue weighted by Crippen LogP contribution is -2.70. The van der Waals surface area contributed by atoms with Gasteiger partial charge in [-0.2, -0.15) is 0 Å². The molecule has 4 aromatic rings. The first-order valence-corrected chi connectivity index (χ1v) is 25.6. The molecule has 11 nitrogen and oxygen atoms in total. The second-order valence-corrected chi connectivity index (χ2v) is 19.3. The Morgan fingerprint density at radius 1 is 0.955 bits per heavy atom. The summed E-state index contributed by atoms with van der Waals surface area (Å²) < 4.78 is 33.2. The number of aliphatic hydroxyl groups excluding tert-OH is 2. The Morgan fingerprint density at radius 2 is 1.76 bits per heavy atom. The number of rotatable bonds is 23. The van der Waals surface area contributed by atoms with Crippen LogP contribution in [0.3, 0.4) is 0 Å². The largest absolute Gasteiger partial charge is 0.493 e. The lowest BCUT2D eigenvalue weighted by molar-refractivity contribution is -0.256. The normalized spacial score (nSPS) is 24.8. The van der Waals surface area contributed by atoms with Gasteiger partial charge in [0.05, 0.1) is 43.9 Å². The fourth-order valence-corrected chi connectivity index (χ4v) is 11.4. The number of ether oxygens (including phenoxy) is 5. The number of allylic oxidation sites excluding steroid dienone is 1. The molecule has 0 aromatic heterocycles. The third-order valence-corrected chi connectivity index (χ3v) is 14.7. The van der Waals surface area contributed by atoms with Gasteiger partial charge in [0, 0.05) is 48.2 Å². The summed E-state index contributed by atoms with van der Waals surface area (Å²) in [5.74, 6) is 0.218. The zero-order valence-electron chi connectivity index (χ0n) is 38.4. The smallest absolute Gasteiger partial charge is 0.410 e. The molecular formula is C54H65ClN2O9S. The van der Waals surface area contributed by atoms with Crippen LogP contribution in [0.2, 0.25) is 0 Å². The number of hydrogen-bond donors (Lipinski definition) is 2. The van der Waals surface area contributed by atoms with Gasteiger partial charge in [0.1, 0.15) is 24.1 Å². The van der Waals surface area contributed by atoms with E-state index in [2.05, 4.69) is 49.1 Å². The second-order valence-electron chi connectivity index (χ2n) is 17.8. The number of carbonyl (C=O) groups is 1. The lowest BCUT2D eigenvalue weighted by Gasteiger charge is -2.60. The van der Waals surface area contributed by atoms with Gasteiger partial charge in [0.2, 0.25) is 12.1 Å². The summed E-state index contributed by atoms with van der Waals surface area (Å²) in [5.41, 5.74) is 3.56. The van der Waals surface area contributed by atoms with Gasteiger partial charge in [-0.25, -0.2) is 4.79 Å². The van der Waals surface area contributed by atoms with Crippen LogP contribution < -0.4 is 9.47 Å². The van der Waals surface area contributed by atoms with E-state index in [1.165, 1.54) is 4.90 Å². The number of oxime groups is 1. The molecule has 4 aliphatic rings. The Morgan fingerprint density at radius 3 is 2.55 bits per heavy atom. The van der Waals surface area contributed by atoms with Gasteiger partial charge in [-0.05, 0) is 103 Å². The molecule has 1 saturated carbocycles. The standard InChI is InChI=1S/C54H65ClN2O9S/c1-2-29-64-54-49(57(53(60)63-31-26-55)37-40-18-14-17-38-15-6-7-21-43(38)40)36-47(56-66-50-23-10-13-30-62-50)45-34-39(16-8-11-27-58)44(22-9-12-28-59)51(52(45)54)46-35-41(24-25-48(46)65-54)61-32-33-67-42-19-4-3-5-20-42/h2-7,14-15,17-21,24-25,34-35,39,44,49-52,58-59H,1,8-13,16,22-23,26-33,36-37H2. The van der Waals surface area contributed by atoms with Gasteiger partial charge in [-0.3, -0.25) is 4.90 Å². The number of unbranched alkanes of at least 4 members (excludes halogenated alkanes) is 2. The van der Waals surface area contributed by atoms with Crippen molar-refractivity contribution < 1.29 is 43.5 Å². The Bertz CT molecular complexity index is 2300. The Hall–Kier alpha value is -4.56. The predicted octanol–water partition coefficient (Wildman–Crippen LogP) is 11.0. The molecule has 13 heteroatoms. The highest BCUT2D eigenvalue weighted by molar-refractivity contribution is 7.99. The second kappa shape index (κ2) is 24.1. The molecule has 2 N–H and O–H groups in total. The molecule has 4 aromatic carbocycles. The number of hydrogen-bond acceptors (Lipinski definition) is 11. The summed E-state index contributed by atoms with van der Waals surface area (Å²) >= 11 is 7.94. The summed E-state index contributed by atoms with van der Waals surface area (Å²) in [5, 5.41) is 27.2. The number of amides is 1. The molecule has 0 radical (unpaired) electrons. The number of thioether (sulfide) groups is 1. The highest BCUT2D eigenvalue weighted by Gasteiger charge is 2.66. The minimum atomic E-state index is -1.47. The number of alkyl halides is 1. The number of fused-ring (bicyclic) bond motifs is 3. The van der Waals surface area contributed by atoms with Crippen LogP contribution in [0, 0.1) is 17.8 Å². The molecule has 1 saturated heterocycles. The van der Waals surface area contributed by atoms with Gasteiger partial charge in [0.25, 0.3) is 0 Å². The molecule has 0 spiro atoms. The molecule has 7 atom stereocenters. The van der Waals surface area contributed by atoms with E-state index in [0.29, 0.717) is 37.5 Å². The first-order valence-electron chi connectivity index (χ1n) is 24.1. The molecule has 7 unspecified atom stereocenters. The number of nitrogens with zero attached hydrogens (tertiary/aromatic N) is 2. The average Bonchev–Trinajstić information content (AvgIpc) is 3.36. The monoisotopic (exact) mass is 952 g/mol. The van der Waals surface area contributed by atoms with Crippen LogP contribution >= 0.6 is 23.4 Å². The van der Waals surface area contributed by atoms with Crippen LogP contribution in [-0.2, 0) is 25.6 Å². The van der Waals surface area contributed by atoms with Gasteiger partial charge in [0.15, 0.2) is 0 Å². The van der Waals surface area contributed by atoms with Crippen molar-refractivity contribution in [3.05, 3.63) is 126 Å². The third-order valence-electron chi connectivity index (χ3n) is 13.6. The van der Waals surface area contributed by atoms with Crippen LogP contribution in [0.1, 0.15) is 81.3 Å². The summed E-state index contributed by atoms with van der Waals surface area (Å²) in [4.78, 5) is 24.2. The summed E-state index contributed by atoms with van der Waals surface area (Å²) in [6.45, 7) is 5.71. The van der Waals surface area contributed by atoms with Crippen molar-refractivity contribution >= 4 is 45.9 Å². The van der Waals surface area contributed by atoms with Crippen LogP contribution in [-0.4, -0.2) is 96.3 Å². The van der Waals surface area contributed by atoms with Gasteiger partial charge < -0.3 is 38.7 Å². The lowest BCUT2D eigenvalue weighted by atomic mass is 9.55. The Kier molecular flexibility index (Phi) is 17.6. The number of carbonyl (C=O) groups excluding carboxylic acids is 1. The Labute approximate surface area is 404 Å². The highest BCUT2D eigenvalue weighted by atomic mass is 35.5. The maximum Gasteiger partial charge on any atom is 0.410 e. The average molecular weight is 954 g/mol. The SMILES string of the molecule is C=CCOC12Oc3ccc(OCCSc4ccccc4)cc3C3C(CCCCO)C(CCCCO)C=C(C(=NOC4CCCCO4)CC1N(Cc1cccc4ccccc14)C(=O)OCCCl)C32. The van der Waals surface area contributed by atoms with Crippen molar-refractivity contribution in [2.24, 2.45) is 22.9 Å². The van der Waals surface area contributed by atoms with E-state index >= 15 is 0 Å². The molecule has 67 heavy (non-hydrogen) atoms. The van der Waals surface area contributed by atoms with E-state index in [0.717, 1.165) is 83.9 Å². The van der Waals surface area contributed by atoms with Crippen molar-refractivity contribution in [2.45, 2.75) is 99.7 Å². The van der Waals surface area contributed by atoms with Crippen molar-refractivity contribution in [3.8, 4) is 11.5 Å². The fourth-order valence-electron chi connectivity index (χ4n) is 10.6. The maximum atomic E-state index is 14.9. The summed E-state index contributed by atoms with van der Waals surface area (Å²) in [6.07, 6.45) is 10.5. The van der Waals surface area contributed by atoms with E-state index in [4.69, 9.17) is 45.3 Å². The predicted molar refractivity (Wildman–Crippen MR) is 264 cm³/mol. The minimum absolute atomic E-state index is 0.0126. The number of halogens is 1. The van der Waals surface area contributed by atoms with Crippen molar-refractivity contribution in [2.75, 3.05) is 51.3 Å². The van der Waals surface area contributed by atoms with E-state index in [-0.39, 0.29) is 63.0 Å². The quantitative estimate of drug-likeness (QED) is 0.0244. The van der Waals surface area contributed by atoms with Crippen molar-refractivity contribution in [1.82, 2.24) is 4.90 Å². The molecule has 8 rings (SSSR count). The van der Waals surface area contributed by atoms with Gasteiger partial charge >= 0.3 is 6.09 Å². The summed E-state index contributed by atoms with van der Waals surface area (Å²) in [7, 11) is 0. The van der Waals surface area contributed by atoms with Crippen molar-refractivity contribution in [3.63, 3.8) is 0 Å². The van der Waals surface area contributed by atoms with E-state index in [1.807, 2.05) is 54.6 Å². The molecule has 2 aliphatic heterocycles. The molecule has 0 bridgehead atoms. The molecule has 2 heterocycles. The maximum absolute atomic E-state index is 14.9. The molecule has 1 amide bonds. The zero-order chi connectivity index (χ0) is 46.4. The van der Waals surface area contributed by atoms with E-state index in [1.54, 1.807) is 22.7 Å². The zero-order valence-corrected chi connectivity index (χ0v) is 39.9. The van der Waals surface area contributed by atoms with E-state index < -0.39 is 30.1 Å².